The standard InChI is InChI=1S/C13H26N2/c1-11-9-14-12(2)5-7-15(10-11)8-6-13-3-4-13/h11-14H,3-10H2,1-2H3. The summed E-state index contributed by atoms with van der Waals surface area (Å²) in [6, 6.07) is 0.705. The molecule has 15 heavy (non-hydrogen) atoms. The second-order valence-corrected chi connectivity index (χ2v) is 5.74. The Morgan fingerprint density at radius 1 is 1.20 bits per heavy atom. The van der Waals surface area contributed by atoms with Crippen molar-refractivity contribution >= 4 is 0 Å². The Labute approximate surface area is 94.4 Å². The van der Waals surface area contributed by atoms with E-state index < -0.39 is 0 Å². The zero-order valence-electron chi connectivity index (χ0n) is 10.3. The molecule has 1 N–H and O–H groups in total. The van der Waals surface area contributed by atoms with E-state index in [0.29, 0.717) is 6.04 Å². The van der Waals surface area contributed by atoms with Gasteiger partial charge in [0.25, 0.3) is 0 Å². The van der Waals surface area contributed by atoms with Crippen molar-refractivity contribution in [3.8, 4) is 0 Å². The van der Waals surface area contributed by atoms with Gasteiger partial charge in [0.2, 0.25) is 0 Å². The van der Waals surface area contributed by atoms with Crippen molar-refractivity contribution in [3.05, 3.63) is 0 Å². The van der Waals surface area contributed by atoms with E-state index in [1.807, 2.05) is 0 Å². The van der Waals surface area contributed by atoms with Crippen LogP contribution in [0.5, 0.6) is 0 Å². The molecule has 0 bridgehead atoms. The second-order valence-electron chi connectivity index (χ2n) is 5.74. The Hall–Kier alpha value is -0.0800. The molecule has 1 saturated carbocycles. The van der Waals surface area contributed by atoms with Crippen molar-refractivity contribution in [1.82, 2.24) is 10.2 Å². The van der Waals surface area contributed by atoms with Gasteiger partial charge in [-0.05, 0) is 51.2 Å². The SMILES string of the molecule is CC1CNC(C)CCN(CCC2CC2)C1. The highest BCUT2D eigenvalue weighted by molar-refractivity contribution is 4.78. The predicted molar refractivity (Wildman–Crippen MR) is 65.0 cm³/mol. The van der Waals surface area contributed by atoms with Crippen LogP contribution in [0.4, 0.5) is 0 Å². The van der Waals surface area contributed by atoms with Crippen LogP contribution >= 0.6 is 0 Å². The molecule has 0 aromatic carbocycles. The van der Waals surface area contributed by atoms with Gasteiger partial charge in [0.1, 0.15) is 0 Å². The maximum absolute atomic E-state index is 3.61. The molecule has 2 atom stereocenters. The van der Waals surface area contributed by atoms with Gasteiger partial charge in [-0.3, -0.25) is 0 Å². The summed E-state index contributed by atoms with van der Waals surface area (Å²) in [7, 11) is 0. The molecule has 2 unspecified atom stereocenters. The highest BCUT2D eigenvalue weighted by Crippen LogP contribution is 2.32. The average Bonchev–Trinajstić information content (AvgIpc) is 3.00. The van der Waals surface area contributed by atoms with E-state index >= 15 is 0 Å². The lowest BCUT2D eigenvalue weighted by molar-refractivity contribution is 0.197. The van der Waals surface area contributed by atoms with Crippen LogP contribution in [0.1, 0.15) is 39.5 Å². The van der Waals surface area contributed by atoms with E-state index in [-0.39, 0.29) is 0 Å². The summed E-state index contributed by atoms with van der Waals surface area (Å²) in [6.45, 7) is 9.83. The average molecular weight is 210 g/mol. The smallest absolute Gasteiger partial charge is 0.00510 e. The molecule has 1 aliphatic carbocycles. The van der Waals surface area contributed by atoms with Crippen LogP contribution in [-0.2, 0) is 0 Å². The Morgan fingerprint density at radius 3 is 2.73 bits per heavy atom. The molecule has 2 aliphatic rings. The molecule has 0 spiro atoms. The van der Waals surface area contributed by atoms with Crippen LogP contribution in [0.3, 0.4) is 0 Å². The highest BCUT2D eigenvalue weighted by Gasteiger charge is 2.23. The number of hydrogen-bond donors (Lipinski definition) is 1. The summed E-state index contributed by atoms with van der Waals surface area (Å²) in [5.41, 5.74) is 0. The molecule has 2 nitrogen and oxygen atoms in total. The summed E-state index contributed by atoms with van der Waals surface area (Å²) in [5, 5.41) is 3.61. The van der Waals surface area contributed by atoms with Crippen LogP contribution < -0.4 is 5.32 Å². The van der Waals surface area contributed by atoms with Crippen molar-refractivity contribution in [2.75, 3.05) is 26.2 Å². The minimum Gasteiger partial charge on any atom is -0.314 e. The van der Waals surface area contributed by atoms with E-state index in [2.05, 4.69) is 24.1 Å². The van der Waals surface area contributed by atoms with Crippen LogP contribution in [-0.4, -0.2) is 37.1 Å². The summed E-state index contributed by atoms with van der Waals surface area (Å²) in [5.74, 6) is 1.90. The normalized spacial score (nSPS) is 34.8. The van der Waals surface area contributed by atoms with Crippen LogP contribution in [0.2, 0.25) is 0 Å². The Balaban J connectivity index is 1.74. The molecule has 1 saturated heterocycles. The first-order valence-electron chi connectivity index (χ1n) is 6.70. The maximum Gasteiger partial charge on any atom is 0.00510 e. The van der Waals surface area contributed by atoms with Gasteiger partial charge in [-0.15, -0.1) is 0 Å². The second kappa shape index (κ2) is 5.31. The molecule has 1 heterocycles. The van der Waals surface area contributed by atoms with Gasteiger partial charge in [0.15, 0.2) is 0 Å². The van der Waals surface area contributed by atoms with Crippen molar-refractivity contribution in [1.29, 1.82) is 0 Å². The fraction of sp³-hybridized carbons (Fsp3) is 1.00. The fourth-order valence-electron chi connectivity index (χ4n) is 2.45. The number of hydrogen-bond acceptors (Lipinski definition) is 2. The molecule has 88 valence electrons. The number of nitrogens with one attached hydrogen (secondary N) is 1. The van der Waals surface area contributed by atoms with Gasteiger partial charge < -0.3 is 10.2 Å². The summed E-state index contributed by atoms with van der Waals surface area (Å²) in [6.07, 6.45) is 5.77. The fourth-order valence-corrected chi connectivity index (χ4v) is 2.45. The van der Waals surface area contributed by atoms with Crippen LogP contribution in [0.25, 0.3) is 0 Å². The Morgan fingerprint density at radius 2 is 2.00 bits per heavy atom. The van der Waals surface area contributed by atoms with Gasteiger partial charge in [-0.1, -0.05) is 19.8 Å². The van der Waals surface area contributed by atoms with E-state index in [0.717, 1.165) is 11.8 Å². The van der Waals surface area contributed by atoms with E-state index in [9.17, 15) is 0 Å². The third kappa shape index (κ3) is 4.12. The molecular formula is C13H26N2. The molecule has 0 aromatic heterocycles. The van der Waals surface area contributed by atoms with Crippen molar-refractivity contribution in [2.45, 2.75) is 45.6 Å². The molecule has 2 fully saturated rings. The van der Waals surface area contributed by atoms with Crippen molar-refractivity contribution < 1.29 is 0 Å². The minimum absolute atomic E-state index is 0.705. The lowest BCUT2D eigenvalue weighted by Gasteiger charge is -2.31. The summed E-state index contributed by atoms with van der Waals surface area (Å²) < 4.78 is 0. The third-order valence-corrected chi connectivity index (χ3v) is 3.81. The Kier molecular flexibility index (Phi) is 4.04. The van der Waals surface area contributed by atoms with E-state index in [1.165, 1.54) is 51.9 Å². The molecule has 0 radical (unpaired) electrons. The molecule has 0 aromatic rings. The first kappa shape index (κ1) is 11.4. The molecule has 2 rings (SSSR count). The third-order valence-electron chi connectivity index (χ3n) is 3.81. The summed E-state index contributed by atoms with van der Waals surface area (Å²) in [4.78, 5) is 2.69. The van der Waals surface area contributed by atoms with Crippen molar-refractivity contribution in [2.24, 2.45) is 11.8 Å². The predicted octanol–water partition coefficient (Wildman–Crippen LogP) is 2.11. The van der Waals surface area contributed by atoms with E-state index in [1.54, 1.807) is 0 Å². The monoisotopic (exact) mass is 210 g/mol. The molecule has 1 aliphatic heterocycles. The molecule has 0 amide bonds. The van der Waals surface area contributed by atoms with E-state index in [4.69, 9.17) is 0 Å². The first-order valence-corrected chi connectivity index (χ1v) is 6.70. The van der Waals surface area contributed by atoms with Gasteiger partial charge in [-0.25, -0.2) is 0 Å². The maximum atomic E-state index is 3.61. The lowest BCUT2D eigenvalue weighted by Crippen LogP contribution is -2.42. The minimum atomic E-state index is 0.705. The number of rotatable bonds is 3. The first-order chi connectivity index (χ1) is 7.24. The quantitative estimate of drug-likeness (QED) is 0.767. The van der Waals surface area contributed by atoms with Gasteiger partial charge >= 0.3 is 0 Å². The molecular weight excluding hydrogens is 184 g/mol. The number of nitrogens with zero attached hydrogens (tertiary/aromatic N) is 1. The van der Waals surface area contributed by atoms with Crippen LogP contribution in [0, 0.1) is 11.8 Å². The van der Waals surface area contributed by atoms with Gasteiger partial charge in [0, 0.05) is 12.6 Å². The highest BCUT2D eigenvalue weighted by atomic mass is 15.1. The van der Waals surface area contributed by atoms with Crippen molar-refractivity contribution in [3.63, 3.8) is 0 Å². The van der Waals surface area contributed by atoms with Crippen LogP contribution in [0.15, 0.2) is 0 Å². The zero-order valence-corrected chi connectivity index (χ0v) is 10.3. The van der Waals surface area contributed by atoms with Gasteiger partial charge in [0.05, 0.1) is 0 Å². The summed E-state index contributed by atoms with van der Waals surface area (Å²) >= 11 is 0. The topological polar surface area (TPSA) is 15.3 Å². The zero-order chi connectivity index (χ0) is 10.7. The van der Waals surface area contributed by atoms with Gasteiger partial charge in [-0.2, -0.15) is 0 Å². The largest absolute Gasteiger partial charge is 0.314 e. The lowest BCUT2D eigenvalue weighted by atomic mass is 10.1. The molecule has 2 heteroatoms. The Bertz CT molecular complexity index is 187.